The summed E-state index contributed by atoms with van der Waals surface area (Å²) >= 11 is 0. The Bertz CT molecular complexity index is 1520. The first kappa shape index (κ1) is 27.6. The van der Waals surface area contributed by atoms with Crippen molar-refractivity contribution >= 4 is 28.3 Å². The maximum Gasteiger partial charge on any atom is 0.323 e. The lowest BCUT2D eigenvalue weighted by Gasteiger charge is -2.26. The maximum atomic E-state index is 12.4. The van der Waals surface area contributed by atoms with Gasteiger partial charge in [-0.1, -0.05) is 17.7 Å². The van der Waals surface area contributed by atoms with Crippen molar-refractivity contribution in [2.45, 2.75) is 13.3 Å². The lowest BCUT2D eigenvalue weighted by atomic mass is 10.1. The number of aryl methyl sites for hydroxylation is 1. The fraction of sp³-hybridized carbons (Fsp3) is 0.312. The molecular weight excluding hydrogens is 536 g/mol. The van der Waals surface area contributed by atoms with E-state index in [0.29, 0.717) is 65.2 Å². The number of hydrogen-bond acceptors (Lipinski definition) is 8. The molecule has 0 unspecified atom stereocenters. The molecule has 42 heavy (non-hydrogen) atoms. The smallest absolute Gasteiger partial charge is 0.323 e. The van der Waals surface area contributed by atoms with E-state index in [9.17, 15) is 4.79 Å². The molecule has 218 valence electrons. The van der Waals surface area contributed by atoms with E-state index in [-0.39, 0.29) is 6.03 Å². The molecule has 6 rings (SSSR count). The summed E-state index contributed by atoms with van der Waals surface area (Å²) in [5.41, 5.74) is 3.17. The lowest BCUT2D eigenvalue weighted by Crippen LogP contribution is -2.37. The first-order valence-electron chi connectivity index (χ1n) is 14.2. The van der Waals surface area contributed by atoms with Crippen LogP contribution in [0.5, 0.6) is 28.7 Å². The van der Waals surface area contributed by atoms with E-state index in [2.05, 4.69) is 20.5 Å². The van der Waals surface area contributed by atoms with Crippen LogP contribution in [0.25, 0.3) is 10.9 Å². The second-order valence-electron chi connectivity index (χ2n) is 10.2. The molecular formula is C32H34N4O6. The Morgan fingerprint density at radius 3 is 2.31 bits per heavy atom. The molecule has 0 bridgehead atoms. The van der Waals surface area contributed by atoms with E-state index in [1.54, 1.807) is 36.5 Å². The zero-order chi connectivity index (χ0) is 28.7. The molecule has 2 aliphatic rings. The fourth-order valence-electron chi connectivity index (χ4n) is 4.92. The van der Waals surface area contributed by atoms with Crippen molar-refractivity contribution < 1.29 is 28.5 Å². The lowest BCUT2D eigenvalue weighted by molar-refractivity contribution is 0.0357. The number of rotatable bonds is 9. The average molecular weight is 571 g/mol. The number of nitrogens with zero attached hydrogens (tertiary/aromatic N) is 2. The van der Waals surface area contributed by atoms with Gasteiger partial charge in [-0.05, 0) is 55.8 Å². The van der Waals surface area contributed by atoms with Crippen molar-refractivity contribution in [1.82, 2.24) is 9.88 Å². The van der Waals surface area contributed by atoms with E-state index >= 15 is 0 Å². The Labute approximate surface area is 244 Å². The first-order chi connectivity index (χ1) is 20.6. The SMILES string of the molecule is Cc1ccc(NC(=O)Nc2ccc(Oc3ccnc4cc(OCCCN5CCOCC5)c5c(c34)OCCO5)cc2)cc1. The van der Waals surface area contributed by atoms with Gasteiger partial charge in [0.2, 0.25) is 5.75 Å². The van der Waals surface area contributed by atoms with Crippen molar-refractivity contribution in [2.75, 3.05) is 63.3 Å². The quantitative estimate of drug-likeness (QED) is 0.242. The summed E-state index contributed by atoms with van der Waals surface area (Å²) in [5, 5.41) is 6.38. The number of carbonyl (C=O) groups excluding carboxylic acids is 1. The van der Waals surface area contributed by atoms with Crippen LogP contribution in [-0.2, 0) is 4.74 Å². The molecule has 3 heterocycles. The van der Waals surface area contributed by atoms with Gasteiger partial charge in [0, 0.05) is 43.3 Å². The Morgan fingerprint density at radius 2 is 1.57 bits per heavy atom. The summed E-state index contributed by atoms with van der Waals surface area (Å²) < 4.78 is 29.9. The van der Waals surface area contributed by atoms with Crippen molar-refractivity contribution in [2.24, 2.45) is 0 Å². The van der Waals surface area contributed by atoms with Crippen LogP contribution in [0.15, 0.2) is 66.9 Å². The highest BCUT2D eigenvalue weighted by molar-refractivity contribution is 5.99. The van der Waals surface area contributed by atoms with Crippen molar-refractivity contribution in [3.63, 3.8) is 0 Å². The number of amides is 2. The highest BCUT2D eigenvalue weighted by Crippen LogP contribution is 2.48. The van der Waals surface area contributed by atoms with Gasteiger partial charge in [0.05, 0.1) is 30.7 Å². The fourth-order valence-corrected chi connectivity index (χ4v) is 4.92. The summed E-state index contributed by atoms with van der Waals surface area (Å²) in [7, 11) is 0. The van der Waals surface area contributed by atoms with Crippen LogP contribution in [0.2, 0.25) is 0 Å². The van der Waals surface area contributed by atoms with Crippen LogP contribution in [0.3, 0.4) is 0 Å². The molecule has 10 nitrogen and oxygen atoms in total. The Balaban J connectivity index is 1.14. The number of aromatic nitrogens is 1. The second kappa shape index (κ2) is 13.0. The largest absolute Gasteiger partial charge is 0.489 e. The van der Waals surface area contributed by atoms with Crippen LogP contribution in [-0.4, -0.2) is 68.6 Å². The number of fused-ring (bicyclic) bond motifs is 3. The summed E-state index contributed by atoms with van der Waals surface area (Å²) in [6.07, 6.45) is 2.59. The molecule has 1 aromatic heterocycles. The van der Waals surface area contributed by atoms with Crippen LogP contribution >= 0.6 is 0 Å². The minimum atomic E-state index is -0.324. The van der Waals surface area contributed by atoms with E-state index < -0.39 is 0 Å². The number of benzene rings is 3. The van der Waals surface area contributed by atoms with Gasteiger partial charge in [0.15, 0.2) is 11.5 Å². The molecule has 0 radical (unpaired) electrons. The highest BCUT2D eigenvalue weighted by atomic mass is 16.6. The van der Waals surface area contributed by atoms with Crippen molar-refractivity contribution in [3.8, 4) is 28.7 Å². The molecule has 0 atom stereocenters. The summed E-state index contributed by atoms with van der Waals surface area (Å²) in [6, 6.07) is 18.1. The number of nitrogens with one attached hydrogen (secondary N) is 2. The number of carbonyl (C=O) groups is 1. The Hall–Kier alpha value is -4.54. The molecule has 2 aliphatic heterocycles. The van der Waals surface area contributed by atoms with Gasteiger partial charge < -0.3 is 34.3 Å². The van der Waals surface area contributed by atoms with Gasteiger partial charge in [-0.25, -0.2) is 4.79 Å². The van der Waals surface area contributed by atoms with Crippen LogP contribution in [0, 0.1) is 6.92 Å². The number of ether oxygens (including phenoxy) is 5. The number of morpholine rings is 1. The van der Waals surface area contributed by atoms with E-state index in [1.165, 1.54) is 0 Å². The van der Waals surface area contributed by atoms with Crippen molar-refractivity contribution in [3.05, 3.63) is 72.4 Å². The topological polar surface area (TPSA) is 103 Å². The molecule has 3 aromatic carbocycles. The highest BCUT2D eigenvalue weighted by Gasteiger charge is 2.25. The predicted octanol–water partition coefficient (Wildman–Crippen LogP) is 5.85. The Morgan fingerprint density at radius 1 is 0.881 bits per heavy atom. The third-order valence-corrected chi connectivity index (χ3v) is 7.07. The molecule has 10 heteroatoms. The molecule has 1 saturated heterocycles. The summed E-state index contributed by atoms with van der Waals surface area (Å²) in [5.74, 6) is 2.93. The van der Waals surface area contributed by atoms with Gasteiger partial charge in [0.1, 0.15) is 24.7 Å². The summed E-state index contributed by atoms with van der Waals surface area (Å²) in [6.45, 7) is 7.85. The van der Waals surface area contributed by atoms with Crippen molar-refractivity contribution in [1.29, 1.82) is 0 Å². The van der Waals surface area contributed by atoms with E-state index in [1.807, 2.05) is 37.3 Å². The standard InChI is InChI=1S/C32H34N4O6/c1-22-3-5-23(6-4-22)34-32(37)35-24-7-9-25(10-8-24)42-27-11-12-33-26-21-28(30-31(29(26)27)41-20-19-40-30)39-16-2-13-36-14-17-38-18-15-36/h3-12,21H,2,13-20H2,1H3,(H2,34,35,37). The van der Waals surface area contributed by atoms with Crippen LogP contribution < -0.4 is 29.6 Å². The first-order valence-corrected chi connectivity index (χ1v) is 14.2. The van der Waals surface area contributed by atoms with Crippen LogP contribution in [0.4, 0.5) is 16.2 Å². The van der Waals surface area contributed by atoms with Gasteiger partial charge in [-0.2, -0.15) is 0 Å². The minimum absolute atomic E-state index is 0.324. The third-order valence-electron chi connectivity index (χ3n) is 7.07. The minimum Gasteiger partial charge on any atom is -0.489 e. The molecule has 2 amide bonds. The number of pyridine rings is 1. The zero-order valence-corrected chi connectivity index (χ0v) is 23.6. The van der Waals surface area contributed by atoms with E-state index in [0.717, 1.165) is 50.5 Å². The predicted molar refractivity (Wildman–Crippen MR) is 160 cm³/mol. The molecule has 1 fully saturated rings. The van der Waals surface area contributed by atoms with E-state index in [4.69, 9.17) is 23.7 Å². The maximum absolute atomic E-state index is 12.4. The third kappa shape index (κ3) is 6.67. The van der Waals surface area contributed by atoms with Gasteiger partial charge in [0.25, 0.3) is 0 Å². The van der Waals surface area contributed by atoms with Gasteiger partial charge in [-0.15, -0.1) is 0 Å². The number of urea groups is 1. The number of anilines is 2. The second-order valence-corrected chi connectivity index (χ2v) is 10.2. The van der Waals surface area contributed by atoms with Crippen LogP contribution in [0.1, 0.15) is 12.0 Å². The molecule has 4 aromatic rings. The molecule has 0 saturated carbocycles. The molecule has 2 N–H and O–H groups in total. The van der Waals surface area contributed by atoms with Gasteiger partial charge in [-0.3, -0.25) is 9.88 Å². The monoisotopic (exact) mass is 570 g/mol. The molecule has 0 spiro atoms. The Kier molecular flexibility index (Phi) is 8.53. The zero-order valence-electron chi connectivity index (χ0n) is 23.6. The normalized spacial score (nSPS) is 14.8. The number of hydrogen-bond donors (Lipinski definition) is 2. The molecule has 0 aliphatic carbocycles. The summed E-state index contributed by atoms with van der Waals surface area (Å²) in [4.78, 5) is 19.4. The van der Waals surface area contributed by atoms with Gasteiger partial charge >= 0.3 is 6.03 Å². The average Bonchev–Trinajstić information content (AvgIpc) is 3.02.